The molecule has 0 heterocycles. The van der Waals surface area contributed by atoms with E-state index in [1.54, 1.807) is 0 Å². The van der Waals surface area contributed by atoms with Crippen LogP contribution in [-0.4, -0.2) is 0 Å². The van der Waals surface area contributed by atoms with E-state index >= 15 is 0 Å². The highest BCUT2D eigenvalue weighted by Gasteiger charge is 2.13. The van der Waals surface area contributed by atoms with Gasteiger partial charge in [-0.2, -0.15) is 0 Å². The number of rotatable bonds is 7. The summed E-state index contributed by atoms with van der Waals surface area (Å²) in [5.41, 5.74) is 7.51. The Morgan fingerprint density at radius 1 is 0.382 bits per heavy atom. The van der Waals surface area contributed by atoms with Crippen molar-refractivity contribution in [2.24, 2.45) is 0 Å². The summed E-state index contributed by atoms with van der Waals surface area (Å²) in [6.45, 7) is 0. The molecule has 3 nitrogen and oxygen atoms in total. The monoisotopic (exact) mass is 505 g/mol. The van der Waals surface area contributed by atoms with Crippen LogP contribution in [0, 0.1) is 0 Å². The van der Waals surface area contributed by atoms with E-state index in [-0.39, 0.29) is 0 Å². The van der Waals surface area contributed by atoms with E-state index in [1.807, 2.05) is 36.4 Å². The molecule has 0 atom stereocenters. The van der Waals surface area contributed by atoms with Crippen molar-refractivity contribution in [3.05, 3.63) is 138 Å². The van der Waals surface area contributed by atoms with E-state index in [2.05, 4.69) is 129 Å². The average molecular weight is 506 g/mol. The molecular weight excluding hydrogens is 482 g/mol. The minimum absolute atomic E-state index is 1.05. The average Bonchev–Trinajstić information content (AvgIpc) is 2.89. The maximum absolute atomic E-state index is 3.55. The van der Waals surface area contributed by atoms with Crippen molar-refractivity contribution in [1.82, 2.24) is 0 Å². The molecule has 0 saturated carbocycles. The second-order valence-electron chi connectivity index (χ2n) is 7.89. The molecule has 0 amide bonds. The lowest BCUT2D eigenvalue weighted by Gasteiger charge is -2.26. The molecule has 5 aromatic rings. The van der Waals surface area contributed by atoms with Crippen LogP contribution in [0.5, 0.6) is 0 Å². The summed E-state index contributed by atoms with van der Waals surface area (Å²) in [5.74, 6) is 0. The second-order valence-corrected chi connectivity index (χ2v) is 8.80. The largest absolute Gasteiger partial charge is 0.356 e. The fraction of sp³-hybridized carbons (Fsp3) is 0. The van der Waals surface area contributed by atoms with E-state index in [0.717, 1.165) is 44.3 Å². The Morgan fingerprint density at radius 3 is 1.09 bits per heavy atom. The van der Waals surface area contributed by atoms with Crippen LogP contribution in [0.25, 0.3) is 0 Å². The first kappa shape index (κ1) is 21.8. The zero-order valence-electron chi connectivity index (χ0n) is 18.5. The smallest absolute Gasteiger partial charge is 0.0463 e. The van der Waals surface area contributed by atoms with Gasteiger partial charge in [0.15, 0.2) is 0 Å². The Balaban J connectivity index is 1.43. The molecule has 4 heteroatoms. The first-order valence-electron chi connectivity index (χ1n) is 11.1. The van der Waals surface area contributed by atoms with Crippen molar-refractivity contribution in [1.29, 1.82) is 0 Å². The Hall–Kier alpha value is -4.02. The molecule has 166 valence electrons. The van der Waals surface area contributed by atoms with Gasteiger partial charge in [-0.15, -0.1) is 0 Å². The molecule has 0 aliphatic rings. The standard InChI is InChI=1S/C30H24BrN3/c31-23-11-17-28(18-12-23)34(29-19-13-26(14-20-29)32-24-7-3-1-4-8-24)30-21-15-27(16-22-30)33-25-9-5-2-6-10-25/h1-22,32-33H. The van der Waals surface area contributed by atoms with Crippen LogP contribution in [0.3, 0.4) is 0 Å². The highest BCUT2D eigenvalue weighted by Crippen LogP contribution is 2.36. The SMILES string of the molecule is Brc1ccc(N(c2ccc(Nc3ccccc3)cc2)c2ccc(Nc3ccccc3)cc2)cc1. The molecule has 34 heavy (non-hydrogen) atoms. The molecule has 0 bridgehead atoms. The van der Waals surface area contributed by atoms with Gasteiger partial charge in [0.05, 0.1) is 0 Å². The topological polar surface area (TPSA) is 27.3 Å². The molecule has 0 radical (unpaired) electrons. The van der Waals surface area contributed by atoms with Crippen molar-refractivity contribution >= 4 is 55.7 Å². The highest BCUT2D eigenvalue weighted by molar-refractivity contribution is 9.10. The number of hydrogen-bond acceptors (Lipinski definition) is 3. The summed E-state index contributed by atoms with van der Waals surface area (Å²) in [6, 6.07) is 45.8. The van der Waals surface area contributed by atoms with Gasteiger partial charge in [-0.05, 0) is 97.1 Å². The number of benzene rings is 5. The molecule has 0 aliphatic carbocycles. The molecule has 5 rings (SSSR count). The van der Waals surface area contributed by atoms with Gasteiger partial charge in [0.1, 0.15) is 0 Å². The zero-order valence-corrected chi connectivity index (χ0v) is 20.1. The Labute approximate surface area is 208 Å². The first-order valence-corrected chi connectivity index (χ1v) is 11.9. The summed E-state index contributed by atoms with van der Waals surface area (Å²) in [5, 5.41) is 6.91. The predicted octanol–water partition coefficient (Wildman–Crippen LogP) is 9.41. The molecule has 5 aromatic carbocycles. The van der Waals surface area contributed by atoms with E-state index in [4.69, 9.17) is 0 Å². The Bertz CT molecular complexity index is 1230. The summed E-state index contributed by atoms with van der Waals surface area (Å²) in [6.07, 6.45) is 0. The van der Waals surface area contributed by atoms with E-state index in [0.29, 0.717) is 0 Å². The summed E-state index contributed by atoms with van der Waals surface area (Å²) < 4.78 is 1.06. The van der Waals surface area contributed by atoms with Crippen molar-refractivity contribution in [2.75, 3.05) is 15.5 Å². The van der Waals surface area contributed by atoms with Crippen LogP contribution in [-0.2, 0) is 0 Å². The van der Waals surface area contributed by atoms with E-state index in [9.17, 15) is 0 Å². The fourth-order valence-corrected chi connectivity index (χ4v) is 4.07. The summed E-state index contributed by atoms with van der Waals surface area (Å²) in [4.78, 5) is 2.25. The third-order valence-corrected chi connectivity index (χ3v) is 5.99. The van der Waals surface area contributed by atoms with Crippen molar-refractivity contribution in [2.45, 2.75) is 0 Å². The second kappa shape index (κ2) is 10.3. The number of para-hydroxylation sites is 2. The van der Waals surface area contributed by atoms with Crippen LogP contribution in [0.1, 0.15) is 0 Å². The maximum atomic E-state index is 3.55. The fourth-order valence-electron chi connectivity index (χ4n) is 3.80. The molecule has 0 unspecified atom stereocenters. The van der Waals surface area contributed by atoms with Gasteiger partial charge in [-0.25, -0.2) is 0 Å². The predicted molar refractivity (Wildman–Crippen MR) is 148 cm³/mol. The molecule has 2 N–H and O–H groups in total. The highest BCUT2D eigenvalue weighted by atomic mass is 79.9. The van der Waals surface area contributed by atoms with Crippen molar-refractivity contribution in [3.63, 3.8) is 0 Å². The first-order chi connectivity index (χ1) is 16.7. The molecule has 0 saturated heterocycles. The van der Waals surface area contributed by atoms with Crippen LogP contribution in [0.4, 0.5) is 39.8 Å². The summed E-state index contributed by atoms with van der Waals surface area (Å²) >= 11 is 3.55. The maximum Gasteiger partial charge on any atom is 0.0463 e. The third-order valence-electron chi connectivity index (χ3n) is 5.46. The van der Waals surface area contributed by atoms with Gasteiger partial charge in [-0.1, -0.05) is 52.3 Å². The Morgan fingerprint density at radius 2 is 0.706 bits per heavy atom. The molecule has 0 aromatic heterocycles. The molecule has 0 aliphatic heterocycles. The minimum Gasteiger partial charge on any atom is -0.356 e. The lowest BCUT2D eigenvalue weighted by atomic mass is 10.1. The number of nitrogens with zero attached hydrogens (tertiary/aromatic N) is 1. The van der Waals surface area contributed by atoms with Crippen LogP contribution in [0.2, 0.25) is 0 Å². The van der Waals surface area contributed by atoms with Crippen molar-refractivity contribution < 1.29 is 0 Å². The van der Waals surface area contributed by atoms with E-state index < -0.39 is 0 Å². The quantitative estimate of drug-likeness (QED) is 0.230. The van der Waals surface area contributed by atoms with Gasteiger partial charge < -0.3 is 15.5 Å². The van der Waals surface area contributed by atoms with Gasteiger partial charge in [0, 0.05) is 44.3 Å². The van der Waals surface area contributed by atoms with Crippen LogP contribution in [0.15, 0.2) is 138 Å². The third kappa shape index (κ3) is 5.30. The van der Waals surface area contributed by atoms with Gasteiger partial charge >= 0.3 is 0 Å². The zero-order chi connectivity index (χ0) is 23.2. The minimum atomic E-state index is 1.05. The molecular formula is C30H24BrN3. The number of halogens is 1. The van der Waals surface area contributed by atoms with Crippen LogP contribution < -0.4 is 15.5 Å². The van der Waals surface area contributed by atoms with Crippen LogP contribution >= 0.6 is 15.9 Å². The Kier molecular flexibility index (Phi) is 6.59. The normalized spacial score (nSPS) is 10.5. The van der Waals surface area contributed by atoms with Gasteiger partial charge in [-0.3, -0.25) is 0 Å². The van der Waals surface area contributed by atoms with E-state index in [1.165, 1.54) is 0 Å². The van der Waals surface area contributed by atoms with Gasteiger partial charge in [0.25, 0.3) is 0 Å². The lowest BCUT2D eigenvalue weighted by Crippen LogP contribution is -2.10. The number of hydrogen-bond donors (Lipinski definition) is 2. The molecule has 0 spiro atoms. The summed E-state index contributed by atoms with van der Waals surface area (Å²) in [7, 11) is 0. The number of anilines is 7. The number of nitrogens with one attached hydrogen (secondary N) is 2. The van der Waals surface area contributed by atoms with Crippen molar-refractivity contribution in [3.8, 4) is 0 Å². The van der Waals surface area contributed by atoms with Gasteiger partial charge in [0.2, 0.25) is 0 Å². The molecule has 0 fully saturated rings. The lowest BCUT2D eigenvalue weighted by molar-refractivity contribution is 1.28.